The van der Waals surface area contributed by atoms with Crippen LogP contribution in [0.15, 0.2) is 47.4 Å². The Morgan fingerprint density at radius 2 is 1.79 bits per heavy atom. The first-order valence-corrected chi connectivity index (χ1v) is 13.0. The van der Waals surface area contributed by atoms with E-state index in [4.69, 9.17) is 0 Å². The lowest BCUT2D eigenvalue weighted by Gasteiger charge is -2.26. The molecule has 0 radical (unpaired) electrons. The van der Waals surface area contributed by atoms with E-state index >= 15 is 0 Å². The zero-order chi connectivity index (χ0) is 23.6. The molecule has 1 atom stereocenters. The van der Waals surface area contributed by atoms with Gasteiger partial charge in [0, 0.05) is 38.7 Å². The summed E-state index contributed by atoms with van der Waals surface area (Å²) in [7, 11) is -3.58. The molecule has 0 aliphatic carbocycles. The van der Waals surface area contributed by atoms with Crippen LogP contribution in [0, 0.1) is 6.92 Å². The van der Waals surface area contributed by atoms with Gasteiger partial charge in [0.15, 0.2) is 0 Å². The largest absolute Gasteiger partial charge is 0.354 e. The van der Waals surface area contributed by atoms with Crippen LogP contribution in [0.3, 0.4) is 0 Å². The van der Waals surface area contributed by atoms with Gasteiger partial charge in [0.2, 0.25) is 21.8 Å². The van der Waals surface area contributed by atoms with Gasteiger partial charge in [0.05, 0.1) is 4.90 Å². The lowest BCUT2D eigenvalue weighted by atomic mass is 10.1. The maximum absolute atomic E-state index is 13.1. The maximum Gasteiger partial charge on any atom is 0.243 e. The summed E-state index contributed by atoms with van der Waals surface area (Å²) in [6.07, 6.45) is 3.79. The molecule has 7 nitrogen and oxygen atoms in total. The summed E-state index contributed by atoms with van der Waals surface area (Å²) in [5.74, 6) is -0.463. The van der Waals surface area contributed by atoms with Crippen molar-refractivity contribution in [2.45, 2.75) is 56.9 Å². The summed E-state index contributed by atoms with van der Waals surface area (Å²) in [5.41, 5.74) is 3.66. The van der Waals surface area contributed by atoms with Crippen LogP contribution >= 0.6 is 0 Å². The van der Waals surface area contributed by atoms with E-state index in [1.54, 1.807) is 18.2 Å². The molecule has 2 aromatic rings. The van der Waals surface area contributed by atoms with E-state index in [9.17, 15) is 18.0 Å². The minimum absolute atomic E-state index is 0.226. The Balaban J connectivity index is 1.49. The maximum atomic E-state index is 13.1. The molecule has 2 heterocycles. The second-order valence-electron chi connectivity index (χ2n) is 8.83. The Bertz CT molecular complexity index is 1160. The number of amides is 2. The van der Waals surface area contributed by atoms with Crippen LogP contribution in [0.2, 0.25) is 0 Å². The average Bonchev–Trinajstić information content (AvgIpc) is 3.20. The van der Waals surface area contributed by atoms with Gasteiger partial charge in [-0.3, -0.25) is 14.5 Å². The molecule has 2 aromatic carbocycles. The number of anilines is 1. The first kappa shape index (κ1) is 23.4. The minimum atomic E-state index is -3.58. The summed E-state index contributed by atoms with van der Waals surface area (Å²) >= 11 is 0. The van der Waals surface area contributed by atoms with Crippen LogP contribution in [0.5, 0.6) is 0 Å². The van der Waals surface area contributed by atoms with Gasteiger partial charge in [0.25, 0.3) is 0 Å². The van der Waals surface area contributed by atoms with Crippen molar-refractivity contribution in [1.29, 1.82) is 0 Å². The number of piperidine rings is 1. The van der Waals surface area contributed by atoms with Crippen molar-refractivity contribution in [1.82, 2.24) is 9.62 Å². The Kier molecular flexibility index (Phi) is 6.86. The van der Waals surface area contributed by atoms with Gasteiger partial charge >= 0.3 is 0 Å². The van der Waals surface area contributed by atoms with Crippen LogP contribution in [-0.2, 0) is 32.5 Å². The molecule has 4 rings (SSSR count). The van der Waals surface area contributed by atoms with Crippen LogP contribution < -0.4 is 10.2 Å². The number of nitrogens with one attached hydrogen (secondary N) is 1. The molecule has 2 aliphatic heterocycles. The summed E-state index contributed by atoms with van der Waals surface area (Å²) in [6.45, 7) is 5.01. The van der Waals surface area contributed by atoms with E-state index in [1.807, 2.05) is 31.2 Å². The summed E-state index contributed by atoms with van der Waals surface area (Å²) in [6, 6.07) is 12.2. The second-order valence-corrected chi connectivity index (χ2v) is 10.8. The SMILES string of the molecule is CC(=O)N1c2ccc(S(=O)(=O)N3CCCCC3)cc2CC1C(=O)NCCc1ccccc1C. The number of carbonyl (C=O) groups is 2. The van der Waals surface area contributed by atoms with E-state index in [-0.39, 0.29) is 16.7 Å². The number of benzene rings is 2. The highest BCUT2D eigenvalue weighted by molar-refractivity contribution is 7.89. The first-order valence-electron chi connectivity index (χ1n) is 11.5. The zero-order valence-corrected chi connectivity index (χ0v) is 20.0. The normalized spacial score (nSPS) is 18.7. The molecule has 0 bridgehead atoms. The Morgan fingerprint density at radius 1 is 1.06 bits per heavy atom. The molecule has 1 fully saturated rings. The molecular formula is C25H31N3O4S. The van der Waals surface area contributed by atoms with Crippen molar-refractivity contribution in [2.75, 3.05) is 24.5 Å². The van der Waals surface area contributed by atoms with Crippen molar-refractivity contribution >= 4 is 27.5 Å². The van der Waals surface area contributed by atoms with E-state index in [0.717, 1.165) is 19.3 Å². The average molecular weight is 470 g/mol. The smallest absolute Gasteiger partial charge is 0.243 e. The van der Waals surface area contributed by atoms with Crippen LogP contribution in [-0.4, -0.2) is 50.2 Å². The molecule has 2 amide bonds. The van der Waals surface area contributed by atoms with Gasteiger partial charge in [-0.2, -0.15) is 4.31 Å². The minimum Gasteiger partial charge on any atom is -0.354 e. The van der Waals surface area contributed by atoms with Gasteiger partial charge in [-0.25, -0.2) is 8.42 Å². The quantitative estimate of drug-likeness (QED) is 0.705. The van der Waals surface area contributed by atoms with E-state index in [0.29, 0.717) is 43.7 Å². The molecule has 8 heteroatoms. The number of rotatable bonds is 6. The summed E-state index contributed by atoms with van der Waals surface area (Å²) in [4.78, 5) is 27.1. The van der Waals surface area contributed by atoms with Gasteiger partial charge < -0.3 is 5.32 Å². The molecule has 2 aliphatic rings. The zero-order valence-electron chi connectivity index (χ0n) is 19.2. The molecule has 176 valence electrons. The second kappa shape index (κ2) is 9.65. The van der Waals surface area contributed by atoms with Gasteiger partial charge in [-0.15, -0.1) is 0 Å². The van der Waals surface area contributed by atoms with E-state index in [2.05, 4.69) is 5.32 Å². The molecule has 0 spiro atoms. The fourth-order valence-corrected chi connectivity index (χ4v) is 6.34. The predicted molar refractivity (Wildman–Crippen MR) is 128 cm³/mol. The van der Waals surface area contributed by atoms with Crippen molar-refractivity contribution in [2.24, 2.45) is 0 Å². The molecule has 1 saturated heterocycles. The van der Waals surface area contributed by atoms with E-state index < -0.39 is 16.1 Å². The van der Waals surface area contributed by atoms with E-state index in [1.165, 1.54) is 27.3 Å². The fourth-order valence-electron chi connectivity index (χ4n) is 4.77. The predicted octanol–water partition coefficient (Wildman–Crippen LogP) is 2.81. The van der Waals surface area contributed by atoms with Gasteiger partial charge in [-0.05, 0) is 61.1 Å². The molecular weight excluding hydrogens is 438 g/mol. The van der Waals surface area contributed by atoms with Crippen molar-refractivity contribution in [3.8, 4) is 0 Å². The number of fused-ring (bicyclic) bond motifs is 1. The molecule has 33 heavy (non-hydrogen) atoms. The molecule has 0 aromatic heterocycles. The fraction of sp³-hybridized carbons (Fsp3) is 0.440. The standard InChI is InChI=1S/C25H31N3O4S/c1-18-8-4-5-9-20(18)12-13-26-25(30)24-17-21-16-22(10-11-23(21)28(24)19(2)29)33(31,32)27-14-6-3-7-15-27/h4-5,8-11,16,24H,3,6-7,12-15,17H2,1-2H3,(H,26,30). The topological polar surface area (TPSA) is 86.8 Å². The Morgan fingerprint density at radius 3 is 2.48 bits per heavy atom. The number of sulfonamides is 1. The Hall–Kier alpha value is -2.71. The highest BCUT2D eigenvalue weighted by Crippen LogP contribution is 2.35. The number of aryl methyl sites for hydroxylation is 1. The van der Waals surface area contributed by atoms with Crippen LogP contribution in [0.25, 0.3) is 0 Å². The molecule has 1 unspecified atom stereocenters. The number of nitrogens with zero attached hydrogens (tertiary/aromatic N) is 2. The lowest BCUT2D eigenvalue weighted by molar-refractivity contribution is -0.125. The third-order valence-electron chi connectivity index (χ3n) is 6.58. The third-order valence-corrected chi connectivity index (χ3v) is 8.48. The van der Waals surface area contributed by atoms with Gasteiger partial charge in [0.1, 0.15) is 6.04 Å². The van der Waals surface area contributed by atoms with Crippen LogP contribution in [0.4, 0.5) is 5.69 Å². The summed E-state index contributed by atoms with van der Waals surface area (Å²) < 4.78 is 27.7. The summed E-state index contributed by atoms with van der Waals surface area (Å²) in [5, 5.41) is 2.96. The van der Waals surface area contributed by atoms with Crippen molar-refractivity contribution < 1.29 is 18.0 Å². The lowest BCUT2D eigenvalue weighted by Crippen LogP contribution is -2.47. The highest BCUT2D eigenvalue weighted by atomic mass is 32.2. The Labute approximate surface area is 195 Å². The number of hydrogen-bond acceptors (Lipinski definition) is 4. The van der Waals surface area contributed by atoms with Crippen LogP contribution in [0.1, 0.15) is 42.9 Å². The first-order chi connectivity index (χ1) is 15.8. The number of hydrogen-bond donors (Lipinski definition) is 1. The van der Waals surface area contributed by atoms with Crippen molar-refractivity contribution in [3.05, 3.63) is 59.2 Å². The number of carbonyl (C=O) groups excluding carboxylic acids is 2. The van der Waals surface area contributed by atoms with Crippen molar-refractivity contribution in [3.63, 3.8) is 0 Å². The monoisotopic (exact) mass is 469 g/mol. The molecule has 0 saturated carbocycles. The molecule has 1 N–H and O–H groups in total. The highest BCUT2D eigenvalue weighted by Gasteiger charge is 2.38. The third kappa shape index (κ3) is 4.82. The van der Waals surface area contributed by atoms with Gasteiger partial charge in [-0.1, -0.05) is 30.7 Å².